The Balaban J connectivity index is 0.000000780. The second-order valence-corrected chi connectivity index (χ2v) is 6.92. The van der Waals surface area contributed by atoms with Crippen molar-refractivity contribution >= 4 is 28.7 Å². The fourth-order valence-electron chi connectivity index (χ4n) is 2.27. The molecule has 0 saturated carbocycles. The number of aromatic nitrogens is 4. The standard InChI is InChI=1S/C13H17ClN4O2.C4H10O2.C2H6/c1-4-9(13(19)20)5-7(2)18-6-15-10-11(14)16-8(3)17-12(10)18;1-4(2,5)6-3;1-2/h6-7,9H,4-5H2,1-3H3,(H,19,20);5H,1-3H3;1-2H3. The SMILES string of the molecule is CC.CCC(CC(C)n1cnc2c(Cl)nc(C)nc21)C(=O)O.COC(C)(C)O. The van der Waals surface area contributed by atoms with Gasteiger partial charge in [0.25, 0.3) is 0 Å². The number of hydrogen-bond donors (Lipinski definition) is 2. The molecular weight excluding hydrogens is 384 g/mol. The summed E-state index contributed by atoms with van der Waals surface area (Å²) in [5.41, 5.74) is 1.20. The third-order valence-electron chi connectivity index (χ3n) is 3.93. The van der Waals surface area contributed by atoms with E-state index in [9.17, 15) is 4.79 Å². The van der Waals surface area contributed by atoms with Gasteiger partial charge in [-0.3, -0.25) is 4.79 Å². The molecule has 2 atom stereocenters. The summed E-state index contributed by atoms with van der Waals surface area (Å²) in [4.78, 5) is 23.8. The highest BCUT2D eigenvalue weighted by Gasteiger charge is 2.21. The van der Waals surface area contributed by atoms with Crippen LogP contribution in [-0.4, -0.2) is 48.6 Å². The first-order valence-electron chi connectivity index (χ1n) is 9.37. The van der Waals surface area contributed by atoms with Crippen molar-refractivity contribution in [3.63, 3.8) is 0 Å². The molecule has 0 aliphatic heterocycles. The van der Waals surface area contributed by atoms with Crippen LogP contribution < -0.4 is 0 Å². The molecule has 0 spiro atoms. The molecule has 2 aromatic heterocycles. The van der Waals surface area contributed by atoms with Crippen LogP contribution in [0.1, 0.15) is 66.3 Å². The van der Waals surface area contributed by atoms with E-state index in [0.29, 0.717) is 35.0 Å². The van der Waals surface area contributed by atoms with Crippen LogP contribution in [0.15, 0.2) is 6.33 Å². The summed E-state index contributed by atoms with van der Waals surface area (Å²) in [6.45, 7) is 12.7. The van der Waals surface area contributed by atoms with Crippen molar-refractivity contribution in [1.82, 2.24) is 19.5 Å². The van der Waals surface area contributed by atoms with Crippen LogP contribution in [0.25, 0.3) is 11.2 Å². The largest absolute Gasteiger partial charge is 0.481 e. The van der Waals surface area contributed by atoms with Crippen LogP contribution in [0, 0.1) is 12.8 Å². The Morgan fingerprint density at radius 3 is 2.32 bits per heavy atom. The first kappa shape index (κ1) is 26.2. The van der Waals surface area contributed by atoms with E-state index in [1.54, 1.807) is 27.1 Å². The van der Waals surface area contributed by atoms with Crippen molar-refractivity contribution in [1.29, 1.82) is 0 Å². The van der Waals surface area contributed by atoms with E-state index < -0.39 is 11.8 Å². The van der Waals surface area contributed by atoms with Gasteiger partial charge in [0.05, 0.1) is 12.2 Å². The van der Waals surface area contributed by atoms with Crippen LogP contribution in [-0.2, 0) is 9.53 Å². The van der Waals surface area contributed by atoms with E-state index in [1.165, 1.54) is 7.11 Å². The number of aliphatic carboxylic acids is 1. The molecule has 8 nitrogen and oxygen atoms in total. The summed E-state index contributed by atoms with van der Waals surface area (Å²) in [5.74, 6) is -1.53. The molecule has 0 bridgehead atoms. The van der Waals surface area contributed by atoms with E-state index in [0.717, 1.165) is 0 Å². The third-order valence-corrected chi connectivity index (χ3v) is 4.20. The normalized spacial score (nSPS) is 13.1. The number of rotatable bonds is 6. The monoisotopic (exact) mass is 416 g/mol. The maximum Gasteiger partial charge on any atom is 0.306 e. The molecule has 2 aromatic rings. The topological polar surface area (TPSA) is 110 Å². The van der Waals surface area contributed by atoms with Gasteiger partial charge < -0.3 is 19.5 Å². The van der Waals surface area contributed by atoms with E-state index in [4.69, 9.17) is 21.8 Å². The molecule has 28 heavy (non-hydrogen) atoms. The fourth-order valence-corrected chi connectivity index (χ4v) is 2.53. The Labute approximate surface area is 171 Å². The summed E-state index contributed by atoms with van der Waals surface area (Å²) in [7, 11) is 1.46. The molecule has 2 rings (SSSR count). The number of carboxylic acid groups (broad SMARTS) is 1. The van der Waals surface area contributed by atoms with Gasteiger partial charge >= 0.3 is 5.97 Å². The summed E-state index contributed by atoms with van der Waals surface area (Å²) in [6.07, 6.45) is 2.77. The molecular formula is C19H33ClN4O4. The van der Waals surface area contributed by atoms with Gasteiger partial charge in [-0.15, -0.1) is 0 Å². The number of nitrogens with zero attached hydrogens (tertiary/aromatic N) is 4. The van der Waals surface area contributed by atoms with Gasteiger partial charge in [-0.05, 0) is 40.5 Å². The fraction of sp³-hybridized carbons (Fsp3) is 0.684. The van der Waals surface area contributed by atoms with E-state index in [-0.39, 0.29) is 12.0 Å². The lowest BCUT2D eigenvalue weighted by Gasteiger charge is -2.18. The van der Waals surface area contributed by atoms with Crippen LogP contribution >= 0.6 is 11.6 Å². The maximum atomic E-state index is 11.1. The molecule has 9 heteroatoms. The summed E-state index contributed by atoms with van der Waals surface area (Å²) in [5, 5.41) is 18.1. The molecule has 0 amide bonds. The van der Waals surface area contributed by atoms with Crippen molar-refractivity contribution in [2.24, 2.45) is 5.92 Å². The van der Waals surface area contributed by atoms with Gasteiger partial charge in [-0.1, -0.05) is 32.4 Å². The van der Waals surface area contributed by atoms with Crippen LogP contribution in [0.4, 0.5) is 0 Å². The number of halogens is 1. The molecule has 160 valence electrons. The number of fused-ring (bicyclic) bond motifs is 1. The van der Waals surface area contributed by atoms with Crippen molar-refractivity contribution in [2.75, 3.05) is 7.11 Å². The molecule has 0 aliphatic rings. The number of carboxylic acids is 1. The lowest BCUT2D eigenvalue weighted by Crippen LogP contribution is -2.20. The first-order chi connectivity index (χ1) is 13.0. The molecule has 0 aromatic carbocycles. The zero-order chi connectivity index (χ0) is 22.1. The highest BCUT2D eigenvalue weighted by atomic mass is 35.5. The lowest BCUT2D eigenvalue weighted by molar-refractivity contribution is -0.155. The van der Waals surface area contributed by atoms with Gasteiger partial charge in [0.1, 0.15) is 11.3 Å². The highest BCUT2D eigenvalue weighted by molar-refractivity contribution is 6.33. The molecule has 0 fully saturated rings. The highest BCUT2D eigenvalue weighted by Crippen LogP contribution is 2.26. The van der Waals surface area contributed by atoms with Gasteiger partial charge in [-0.2, -0.15) is 0 Å². The second-order valence-electron chi connectivity index (χ2n) is 6.56. The Bertz CT molecular complexity index is 743. The van der Waals surface area contributed by atoms with Crippen molar-refractivity contribution in [3.8, 4) is 0 Å². The molecule has 2 unspecified atom stereocenters. The number of imidazole rings is 1. The van der Waals surface area contributed by atoms with Crippen LogP contribution in [0.3, 0.4) is 0 Å². The minimum Gasteiger partial charge on any atom is -0.481 e. The predicted octanol–water partition coefficient (Wildman–Crippen LogP) is 4.24. The number of hydrogen-bond acceptors (Lipinski definition) is 6. The summed E-state index contributed by atoms with van der Waals surface area (Å²) in [6, 6.07) is -0.0218. The van der Waals surface area contributed by atoms with Crippen molar-refractivity contribution < 1.29 is 19.7 Å². The molecule has 2 N–H and O–H groups in total. The smallest absolute Gasteiger partial charge is 0.306 e. The minimum absolute atomic E-state index is 0.0218. The lowest BCUT2D eigenvalue weighted by atomic mass is 9.98. The zero-order valence-electron chi connectivity index (χ0n) is 18.0. The Morgan fingerprint density at radius 1 is 1.36 bits per heavy atom. The average molecular weight is 417 g/mol. The minimum atomic E-state index is -0.958. The van der Waals surface area contributed by atoms with Crippen LogP contribution in [0.5, 0.6) is 0 Å². The van der Waals surface area contributed by atoms with Crippen molar-refractivity contribution in [3.05, 3.63) is 17.3 Å². The Kier molecular flexibility index (Phi) is 11.2. The molecule has 0 saturated heterocycles. The van der Waals surface area contributed by atoms with Gasteiger partial charge in [0, 0.05) is 13.2 Å². The predicted molar refractivity (Wildman–Crippen MR) is 110 cm³/mol. The number of aliphatic hydroxyl groups is 1. The third kappa shape index (κ3) is 8.08. The second kappa shape index (κ2) is 11.9. The zero-order valence-corrected chi connectivity index (χ0v) is 18.8. The Morgan fingerprint density at radius 2 is 1.89 bits per heavy atom. The molecule has 0 aliphatic carbocycles. The van der Waals surface area contributed by atoms with Gasteiger partial charge in [-0.25, -0.2) is 15.0 Å². The quantitative estimate of drug-likeness (QED) is 0.535. The first-order valence-corrected chi connectivity index (χ1v) is 9.74. The summed E-state index contributed by atoms with van der Waals surface area (Å²) >= 11 is 6.04. The van der Waals surface area contributed by atoms with Gasteiger partial charge in [0.2, 0.25) is 0 Å². The molecule has 0 radical (unpaired) electrons. The van der Waals surface area contributed by atoms with E-state index >= 15 is 0 Å². The van der Waals surface area contributed by atoms with E-state index in [2.05, 4.69) is 19.7 Å². The average Bonchev–Trinajstić information content (AvgIpc) is 3.05. The number of ether oxygens (including phenoxy) is 1. The van der Waals surface area contributed by atoms with Gasteiger partial charge in [0.15, 0.2) is 16.6 Å². The number of aryl methyl sites for hydroxylation is 1. The van der Waals surface area contributed by atoms with Crippen molar-refractivity contribution in [2.45, 2.75) is 73.1 Å². The summed E-state index contributed by atoms with van der Waals surface area (Å²) < 4.78 is 6.36. The Hall–Kier alpha value is -1.77. The maximum absolute atomic E-state index is 11.1. The van der Waals surface area contributed by atoms with Crippen LogP contribution in [0.2, 0.25) is 5.15 Å². The number of carbonyl (C=O) groups is 1. The van der Waals surface area contributed by atoms with E-state index in [1.807, 2.05) is 32.3 Å². The number of methoxy groups -OCH3 is 1. The molecule has 2 heterocycles.